The first-order valence-corrected chi connectivity index (χ1v) is 10.5. The van der Waals surface area contributed by atoms with Crippen LogP contribution in [0, 0.1) is 23.2 Å². The van der Waals surface area contributed by atoms with E-state index in [1.54, 1.807) is 0 Å². The van der Waals surface area contributed by atoms with E-state index < -0.39 is 0 Å². The van der Waals surface area contributed by atoms with Crippen LogP contribution in [0.5, 0.6) is 0 Å². The van der Waals surface area contributed by atoms with Crippen molar-refractivity contribution < 1.29 is 9.53 Å². The van der Waals surface area contributed by atoms with E-state index >= 15 is 0 Å². The highest BCUT2D eigenvalue weighted by molar-refractivity contribution is 5.71. The zero-order valence-corrected chi connectivity index (χ0v) is 15.8. The topological polar surface area (TPSA) is 26.3 Å². The van der Waals surface area contributed by atoms with Crippen molar-refractivity contribution in [3.05, 3.63) is 71.8 Å². The van der Waals surface area contributed by atoms with Gasteiger partial charge in [-0.15, -0.1) is 0 Å². The molecule has 4 saturated carbocycles. The Hall–Kier alpha value is -2.09. The molecule has 0 unspecified atom stereocenters. The Bertz CT molecular complexity index is 721. The Labute approximate surface area is 161 Å². The van der Waals surface area contributed by atoms with Crippen molar-refractivity contribution in [1.29, 1.82) is 0 Å². The predicted molar refractivity (Wildman–Crippen MR) is 106 cm³/mol. The fraction of sp³-hybridized carbons (Fsp3) is 0.480. The fourth-order valence-electron chi connectivity index (χ4n) is 6.57. The molecule has 0 saturated heterocycles. The molecule has 0 spiro atoms. The lowest BCUT2D eigenvalue weighted by atomic mass is 9.49. The molecule has 0 atom stereocenters. The van der Waals surface area contributed by atoms with Crippen LogP contribution >= 0.6 is 0 Å². The minimum Gasteiger partial charge on any atom is -0.453 e. The summed E-state index contributed by atoms with van der Waals surface area (Å²) in [5.41, 5.74) is 2.31. The van der Waals surface area contributed by atoms with Gasteiger partial charge in [-0.25, -0.2) is 0 Å². The van der Waals surface area contributed by atoms with E-state index in [2.05, 4.69) is 24.3 Å². The van der Waals surface area contributed by atoms with Gasteiger partial charge < -0.3 is 4.74 Å². The first kappa shape index (κ1) is 17.0. The second kappa shape index (κ2) is 6.82. The van der Waals surface area contributed by atoms with Crippen LogP contribution in [0.3, 0.4) is 0 Å². The molecule has 6 rings (SSSR count). The largest absolute Gasteiger partial charge is 0.453 e. The molecule has 4 aliphatic rings. The molecule has 2 aromatic rings. The van der Waals surface area contributed by atoms with Crippen molar-refractivity contribution in [3.8, 4) is 0 Å². The molecule has 2 aromatic carbocycles. The molecule has 0 amide bonds. The quantitative estimate of drug-likeness (QED) is 0.618. The highest BCUT2D eigenvalue weighted by atomic mass is 16.5. The normalized spacial score (nSPS) is 31.2. The SMILES string of the molecule is O=C(CC12CC3CC(CC(C3)C1)C2)OC(c1ccccc1)c1ccccc1. The summed E-state index contributed by atoms with van der Waals surface area (Å²) >= 11 is 0. The second-order valence-corrected chi connectivity index (χ2v) is 9.29. The molecule has 4 bridgehead atoms. The van der Waals surface area contributed by atoms with Gasteiger partial charge in [0.2, 0.25) is 0 Å². The molecule has 4 aliphatic carbocycles. The molecule has 27 heavy (non-hydrogen) atoms. The average molecular weight is 360 g/mol. The number of hydrogen-bond donors (Lipinski definition) is 0. The van der Waals surface area contributed by atoms with Crippen molar-refractivity contribution in [2.24, 2.45) is 23.2 Å². The van der Waals surface area contributed by atoms with Crippen LogP contribution in [0.2, 0.25) is 0 Å². The third-order valence-electron chi connectivity index (χ3n) is 7.14. The molecule has 0 aromatic heterocycles. The summed E-state index contributed by atoms with van der Waals surface area (Å²) in [4.78, 5) is 13.1. The highest BCUT2D eigenvalue weighted by Gasteiger charge is 2.51. The lowest BCUT2D eigenvalue weighted by molar-refractivity contribution is -0.155. The van der Waals surface area contributed by atoms with Gasteiger partial charge in [-0.1, -0.05) is 60.7 Å². The van der Waals surface area contributed by atoms with Crippen LogP contribution in [0.15, 0.2) is 60.7 Å². The Kier molecular flexibility index (Phi) is 4.30. The maximum absolute atomic E-state index is 13.1. The summed E-state index contributed by atoms with van der Waals surface area (Å²) in [6.45, 7) is 0. The Morgan fingerprint density at radius 3 is 1.70 bits per heavy atom. The third-order valence-corrected chi connectivity index (χ3v) is 7.14. The van der Waals surface area contributed by atoms with Crippen LogP contribution < -0.4 is 0 Å². The van der Waals surface area contributed by atoms with E-state index in [1.807, 2.05) is 36.4 Å². The van der Waals surface area contributed by atoms with E-state index in [-0.39, 0.29) is 17.5 Å². The number of carbonyl (C=O) groups excluding carboxylic acids is 1. The number of hydrogen-bond acceptors (Lipinski definition) is 2. The van der Waals surface area contributed by atoms with Crippen LogP contribution in [-0.2, 0) is 9.53 Å². The second-order valence-electron chi connectivity index (χ2n) is 9.29. The third kappa shape index (κ3) is 3.42. The number of ether oxygens (including phenoxy) is 1. The molecular formula is C25H28O2. The summed E-state index contributed by atoms with van der Waals surface area (Å²) < 4.78 is 6.12. The Morgan fingerprint density at radius 2 is 1.26 bits per heavy atom. The van der Waals surface area contributed by atoms with E-state index in [0.717, 1.165) is 28.9 Å². The van der Waals surface area contributed by atoms with Gasteiger partial charge >= 0.3 is 5.97 Å². The minimum atomic E-state index is -0.311. The van der Waals surface area contributed by atoms with E-state index in [9.17, 15) is 4.79 Å². The summed E-state index contributed by atoms with van der Waals surface area (Å²) in [6, 6.07) is 20.3. The Balaban J connectivity index is 1.35. The zero-order chi connectivity index (χ0) is 18.3. The van der Waals surface area contributed by atoms with E-state index in [4.69, 9.17) is 4.74 Å². The molecular weight excluding hydrogens is 332 g/mol. The number of rotatable bonds is 5. The first-order valence-electron chi connectivity index (χ1n) is 10.5. The fourth-order valence-corrected chi connectivity index (χ4v) is 6.57. The maximum atomic E-state index is 13.1. The van der Waals surface area contributed by atoms with Gasteiger partial charge in [0.25, 0.3) is 0 Å². The number of esters is 1. The van der Waals surface area contributed by atoms with Gasteiger partial charge in [0.15, 0.2) is 6.10 Å². The van der Waals surface area contributed by atoms with Crippen LogP contribution in [0.1, 0.15) is 62.2 Å². The number of carbonyl (C=O) groups is 1. The van der Waals surface area contributed by atoms with Crippen molar-refractivity contribution in [2.45, 2.75) is 51.0 Å². The molecule has 2 heteroatoms. The van der Waals surface area contributed by atoms with Crippen molar-refractivity contribution in [3.63, 3.8) is 0 Å². The molecule has 0 aliphatic heterocycles. The lowest BCUT2D eigenvalue weighted by Gasteiger charge is -2.56. The standard InChI is InChI=1S/C25H28O2/c26-23(17-25-14-18-11-19(15-25)13-20(12-18)16-25)27-24(21-7-3-1-4-8-21)22-9-5-2-6-10-22/h1-10,18-20,24H,11-17H2. The summed E-state index contributed by atoms with van der Waals surface area (Å²) in [5, 5.41) is 0. The molecule has 2 nitrogen and oxygen atoms in total. The van der Waals surface area contributed by atoms with Gasteiger partial charge in [0.05, 0.1) is 6.42 Å². The number of benzene rings is 2. The van der Waals surface area contributed by atoms with E-state index in [1.165, 1.54) is 38.5 Å². The monoisotopic (exact) mass is 360 g/mol. The molecule has 0 N–H and O–H groups in total. The molecule has 0 radical (unpaired) electrons. The summed E-state index contributed by atoms with van der Waals surface area (Å²) in [7, 11) is 0. The lowest BCUT2D eigenvalue weighted by Crippen LogP contribution is -2.47. The smallest absolute Gasteiger partial charge is 0.307 e. The zero-order valence-electron chi connectivity index (χ0n) is 15.8. The van der Waals surface area contributed by atoms with Gasteiger partial charge in [0.1, 0.15) is 0 Å². The van der Waals surface area contributed by atoms with Crippen molar-refractivity contribution in [2.75, 3.05) is 0 Å². The van der Waals surface area contributed by atoms with Crippen LogP contribution in [-0.4, -0.2) is 5.97 Å². The first-order chi connectivity index (χ1) is 13.2. The van der Waals surface area contributed by atoms with Gasteiger partial charge in [-0.2, -0.15) is 0 Å². The van der Waals surface area contributed by atoms with Crippen LogP contribution in [0.25, 0.3) is 0 Å². The van der Waals surface area contributed by atoms with Gasteiger partial charge in [0, 0.05) is 0 Å². The maximum Gasteiger partial charge on any atom is 0.307 e. The molecule has 140 valence electrons. The molecule has 4 fully saturated rings. The average Bonchev–Trinajstić information content (AvgIpc) is 2.66. The van der Waals surface area contributed by atoms with Gasteiger partial charge in [-0.05, 0) is 72.8 Å². The van der Waals surface area contributed by atoms with Crippen molar-refractivity contribution in [1.82, 2.24) is 0 Å². The summed E-state index contributed by atoms with van der Waals surface area (Å²) in [6.07, 6.45) is 8.25. The minimum absolute atomic E-state index is 0.0188. The van der Waals surface area contributed by atoms with E-state index in [0.29, 0.717) is 6.42 Å². The summed E-state index contributed by atoms with van der Waals surface area (Å²) in [5.74, 6) is 2.57. The predicted octanol–water partition coefficient (Wildman–Crippen LogP) is 5.93. The highest BCUT2D eigenvalue weighted by Crippen LogP contribution is 2.61. The molecule has 0 heterocycles. The van der Waals surface area contributed by atoms with Crippen LogP contribution in [0.4, 0.5) is 0 Å². The Morgan fingerprint density at radius 1 is 0.815 bits per heavy atom. The van der Waals surface area contributed by atoms with Crippen molar-refractivity contribution >= 4 is 5.97 Å². The van der Waals surface area contributed by atoms with Gasteiger partial charge in [-0.3, -0.25) is 4.79 Å².